The highest BCUT2D eigenvalue weighted by atomic mass is 16.6. The van der Waals surface area contributed by atoms with E-state index in [0.717, 1.165) is 5.56 Å². The van der Waals surface area contributed by atoms with Gasteiger partial charge < -0.3 is 24.4 Å². The van der Waals surface area contributed by atoms with E-state index in [1.54, 1.807) is 11.0 Å². The highest BCUT2D eigenvalue weighted by molar-refractivity contribution is 5.98. The maximum absolute atomic E-state index is 14.0. The standard InChI is InChI=1S/C26H32N2O6/c1-3-13-27(17-18-9-6-5-7-10-18)24(31)22-26-12-11-19(34-26)20(25(32)33-16-4-2)21(26)23(30)28(22)14-8-15-29/h3-7,9-10,19-22,29H,1-2,8,11-17H2/t19-,20+,21+,22?,26?/m1/s1. The largest absolute Gasteiger partial charge is 0.461 e. The number of hydrogen-bond donors (Lipinski definition) is 1. The van der Waals surface area contributed by atoms with Crippen molar-refractivity contribution in [2.75, 3.05) is 26.3 Å². The molecule has 3 fully saturated rings. The number of aliphatic hydroxyl groups excluding tert-OH is 1. The average Bonchev–Trinajstić information content (AvgIpc) is 3.48. The number of amides is 2. The maximum Gasteiger partial charge on any atom is 0.312 e. The van der Waals surface area contributed by atoms with Crippen LogP contribution in [0.3, 0.4) is 0 Å². The van der Waals surface area contributed by atoms with Crippen LogP contribution in [0.1, 0.15) is 24.8 Å². The van der Waals surface area contributed by atoms with Gasteiger partial charge in [0.1, 0.15) is 18.2 Å². The van der Waals surface area contributed by atoms with Gasteiger partial charge in [0.25, 0.3) is 0 Å². The minimum absolute atomic E-state index is 0.0523. The number of aliphatic hydroxyl groups is 1. The van der Waals surface area contributed by atoms with E-state index >= 15 is 0 Å². The first-order valence-corrected chi connectivity index (χ1v) is 11.8. The van der Waals surface area contributed by atoms with Gasteiger partial charge in [-0.05, 0) is 24.8 Å². The number of ether oxygens (including phenoxy) is 2. The molecule has 2 unspecified atom stereocenters. The number of nitrogens with zero attached hydrogens (tertiary/aromatic N) is 2. The summed E-state index contributed by atoms with van der Waals surface area (Å²) < 4.78 is 11.7. The Morgan fingerprint density at radius 3 is 2.71 bits per heavy atom. The molecular formula is C26H32N2O6. The van der Waals surface area contributed by atoms with Crippen LogP contribution in [0.4, 0.5) is 0 Å². The van der Waals surface area contributed by atoms with Crippen molar-refractivity contribution < 1.29 is 29.0 Å². The van der Waals surface area contributed by atoms with Crippen LogP contribution >= 0.6 is 0 Å². The monoisotopic (exact) mass is 468 g/mol. The van der Waals surface area contributed by atoms with Crippen molar-refractivity contribution in [3.8, 4) is 0 Å². The molecule has 1 N–H and O–H groups in total. The second-order valence-electron chi connectivity index (χ2n) is 9.08. The highest BCUT2D eigenvalue weighted by Crippen LogP contribution is 2.58. The number of esters is 1. The number of carbonyl (C=O) groups excluding carboxylic acids is 3. The quantitative estimate of drug-likeness (QED) is 0.392. The Hall–Kier alpha value is -2.97. The Morgan fingerprint density at radius 2 is 2.03 bits per heavy atom. The number of carbonyl (C=O) groups is 3. The molecule has 1 aromatic rings. The summed E-state index contributed by atoms with van der Waals surface area (Å²) in [6.45, 7) is 8.19. The van der Waals surface area contributed by atoms with E-state index in [1.165, 1.54) is 11.0 Å². The van der Waals surface area contributed by atoms with Crippen LogP contribution in [0.15, 0.2) is 55.6 Å². The molecule has 34 heavy (non-hydrogen) atoms. The Kier molecular flexibility index (Phi) is 7.19. The third-order valence-electron chi connectivity index (χ3n) is 7.08. The molecule has 8 nitrogen and oxygen atoms in total. The summed E-state index contributed by atoms with van der Waals surface area (Å²) in [6, 6.07) is 8.74. The number of likely N-dealkylation sites (tertiary alicyclic amines) is 1. The Labute approximate surface area is 199 Å². The highest BCUT2D eigenvalue weighted by Gasteiger charge is 2.74. The molecule has 5 atom stereocenters. The maximum atomic E-state index is 14.0. The van der Waals surface area contributed by atoms with Crippen molar-refractivity contribution in [3.63, 3.8) is 0 Å². The zero-order chi connectivity index (χ0) is 24.3. The first kappa shape index (κ1) is 24.2. The molecule has 4 rings (SSSR count). The zero-order valence-electron chi connectivity index (χ0n) is 19.3. The van der Waals surface area contributed by atoms with Crippen LogP contribution in [0.2, 0.25) is 0 Å². The lowest BCUT2D eigenvalue weighted by molar-refractivity contribution is -0.154. The van der Waals surface area contributed by atoms with Crippen molar-refractivity contribution >= 4 is 17.8 Å². The fraction of sp³-hybridized carbons (Fsp3) is 0.500. The van der Waals surface area contributed by atoms with Gasteiger partial charge in [-0.1, -0.05) is 49.1 Å². The number of hydrogen-bond acceptors (Lipinski definition) is 6. The summed E-state index contributed by atoms with van der Waals surface area (Å²) >= 11 is 0. The molecule has 8 heteroatoms. The number of fused-ring (bicyclic) bond motifs is 1. The molecule has 0 aromatic heterocycles. The molecule has 0 saturated carbocycles. The number of rotatable bonds is 11. The van der Waals surface area contributed by atoms with E-state index < -0.39 is 35.6 Å². The topological polar surface area (TPSA) is 96.4 Å². The van der Waals surface area contributed by atoms with Crippen LogP contribution in [0, 0.1) is 11.8 Å². The van der Waals surface area contributed by atoms with Crippen molar-refractivity contribution in [1.82, 2.24) is 9.80 Å². The summed E-state index contributed by atoms with van der Waals surface area (Å²) in [5, 5.41) is 9.43. The number of benzene rings is 1. The van der Waals surface area contributed by atoms with Gasteiger partial charge in [-0.2, -0.15) is 0 Å². The summed E-state index contributed by atoms with van der Waals surface area (Å²) in [5.74, 6) is -2.55. The second-order valence-corrected chi connectivity index (χ2v) is 9.08. The second kappa shape index (κ2) is 10.1. The lowest BCUT2D eigenvalue weighted by Crippen LogP contribution is -2.56. The van der Waals surface area contributed by atoms with Gasteiger partial charge in [0, 0.05) is 26.2 Å². The molecule has 0 radical (unpaired) electrons. The lowest BCUT2D eigenvalue weighted by atomic mass is 9.70. The molecule has 3 aliphatic heterocycles. The molecule has 2 amide bonds. The zero-order valence-corrected chi connectivity index (χ0v) is 19.3. The van der Waals surface area contributed by atoms with Gasteiger partial charge in [-0.25, -0.2) is 0 Å². The molecule has 1 aromatic carbocycles. The molecule has 182 valence electrons. The Bertz CT molecular complexity index is 950. The van der Waals surface area contributed by atoms with Crippen LogP contribution < -0.4 is 0 Å². The van der Waals surface area contributed by atoms with Crippen molar-refractivity contribution in [1.29, 1.82) is 0 Å². The smallest absolute Gasteiger partial charge is 0.312 e. The van der Waals surface area contributed by atoms with Gasteiger partial charge >= 0.3 is 5.97 Å². The lowest BCUT2D eigenvalue weighted by Gasteiger charge is -2.36. The summed E-state index contributed by atoms with van der Waals surface area (Å²) in [7, 11) is 0. The summed E-state index contributed by atoms with van der Waals surface area (Å²) in [6.07, 6.45) is 4.10. The van der Waals surface area contributed by atoms with E-state index in [-0.39, 0.29) is 31.6 Å². The molecule has 3 heterocycles. The Balaban J connectivity index is 1.68. The van der Waals surface area contributed by atoms with Gasteiger partial charge in [-0.3, -0.25) is 14.4 Å². The van der Waals surface area contributed by atoms with Crippen molar-refractivity contribution in [2.45, 2.75) is 43.6 Å². The SMILES string of the molecule is C=CCOC(=O)[C@@H]1[C@H]2C(=O)N(CCCO)C(C(=O)N(CC=C)Cc3ccccc3)C23CC[C@H]1O3. The molecule has 0 aliphatic carbocycles. The van der Waals surface area contributed by atoms with Gasteiger partial charge in [0.15, 0.2) is 0 Å². The third kappa shape index (κ3) is 4.05. The summed E-state index contributed by atoms with van der Waals surface area (Å²) in [5.41, 5.74) is -0.122. The van der Waals surface area contributed by atoms with Crippen LogP contribution in [-0.4, -0.2) is 76.7 Å². The normalized spacial score (nSPS) is 29.1. The van der Waals surface area contributed by atoms with E-state index in [1.807, 2.05) is 30.3 Å². The average molecular weight is 469 g/mol. The molecule has 3 aliphatic rings. The van der Waals surface area contributed by atoms with Crippen molar-refractivity contribution in [2.24, 2.45) is 11.8 Å². The minimum Gasteiger partial charge on any atom is -0.461 e. The molecular weight excluding hydrogens is 436 g/mol. The van der Waals surface area contributed by atoms with Crippen LogP contribution in [-0.2, 0) is 30.4 Å². The van der Waals surface area contributed by atoms with E-state index in [2.05, 4.69) is 13.2 Å². The fourth-order valence-corrected chi connectivity index (χ4v) is 5.78. The Morgan fingerprint density at radius 1 is 1.26 bits per heavy atom. The summed E-state index contributed by atoms with van der Waals surface area (Å²) in [4.78, 5) is 43.8. The van der Waals surface area contributed by atoms with E-state index in [0.29, 0.717) is 32.4 Å². The van der Waals surface area contributed by atoms with Gasteiger partial charge in [-0.15, -0.1) is 6.58 Å². The predicted molar refractivity (Wildman–Crippen MR) is 124 cm³/mol. The first-order chi connectivity index (χ1) is 16.5. The fourth-order valence-electron chi connectivity index (χ4n) is 5.78. The minimum atomic E-state index is -1.08. The van der Waals surface area contributed by atoms with Gasteiger partial charge in [0.2, 0.25) is 11.8 Å². The predicted octanol–water partition coefficient (Wildman–Crippen LogP) is 1.69. The molecule has 1 spiro atoms. The van der Waals surface area contributed by atoms with Crippen LogP contribution in [0.25, 0.3) is 0 Å². The van der Waals surface area contributed by atoms with Crippen molar-refractivity contribution in [3.05, 3.63) is 61.2 Å². The van der Waals surface area contributed by atoms with E-state index in [9.17, 15) is 19.5 Å². The van der Waals surface area contributed by atoms with Gasteiger partial charge in [0.05, 0.1) is 17.9 Å². The molecule has 3 saturated heterocycles. The third-order valence-corrected chi connectivity index (χ3v) is 7.08. The first-order valence-electron chi connectivity index (χ1n) is 11.8. The van der Waals surface area contributed by atoms with Crippen LogP contribution in [0.5, 0.6) is 0 Å². The molecule has 2 bridgehead atoms. The van der Waals surface area contributed by atoms with E-state index in [4.69, 9.17) is 9.47 Å².